The van der Waals surface area contributed by atoms with E-state index in [1.807, 2.05) is 41.9 Å². The van der Waals surface area contributed by atoms with Crippen molar-refractivity contribution in [3.8, 4) is 11.1 Å². The van der Waals surface area contributed by atoms with Crippen molar-refractivity contribution in [2.24, 2.45) is 13.0 Å². The van der Waals surface area contributed by atoms with Crippen molar-refractivity contribution in [3.05, 3.63) is 76.3 Å². The first-order valence-electron chi connectivity index (χ1n) is 14.4. The molecule has 8 heteroatoms. The second kappa shape index (κ2) is 9.70. The van der Waals surface area contributed by atoms with E-state index in [9.17, 15) is 4.79 Å². The topological polar surface area (TPSA) is 68.0 Å². The first-order chi connectivity index (χ1) is 19.4. The summed E-state index contributed by atoms with van der Waals surface area (Å²) < 4.78 is 20.7. The zero-order chi connectivity index (χ0) is 27.5. The number of benzene rings is 1. The molecule has 0 atom stereocenters. The molecule has 1 amide bonds. The molecule has 7 nitrogen and oxygen atoms in total. The highest BCUT2D eigenvalue weighted by molar-refractivity contribution is 6.05. The van der Waals surface area contributed by atoms with Gasteiger partial charge in [0, 0.05) is 65.7 Å². The number of nitrogens with one attached hydrogen (secondary N) is 1. The first kappa shape index (κ1) is 25.2. The van der Waals surface area contributed by atoms with E-state index in [1.54, 1.807) is 6.07 Å². The van der Waals surface area contributed by atoms with Gasteiger partial charge in [0.05, 0.1) is 29.6 Å². The summed E-state index contributed by atoms with van der Waals surface area (Å²) in [5.74, 6) is 0.235. The van der Waals surface area contributed by atoms with Gasteiger partial charge in [-0.05, 0) is 68.8 Å². The van der Waals surface area contributed by atoms with Crippen LogP contribution < -0.4 is 5.32 Å². The van der Waals surface area contributed by atoms with Gasteiger partial charge in [-0.25, -0.2) is 4.39 Å². The molecule has 0 spiro atoms. The van der Waals surface area contributed by atoms with Gasteiger partial charge in [0.1, 0.15) is 0 Å². The number of fused-ring (bicyclic) bond motifs is 2. The Morgan fingerprint density at radius 3 is 2.75 bits per heavy atom. The third kappa shape index (κ3) is 4.17. The van der Waals surface area contributed by atoms with Crippen molar-refractivity contribution < 1.29 is 9.18 Å². The van der Waals surface area contributed by atoms with Gasteiger partial charge in [0.25, 0.3) is 5.91 Å². The molecule has 4 aromatic rings. The van der Waals surface area contributed by atoms with Crippen LogP contribution in [0.4, 0.5) is 4.39 Å². The largest absolute Gasteiger partial charge is 0.337 e. The lowest BCUT2D eigenvalue weighted by Crippen LogP contribution is -2.26. The standard InChI is InChI=1S/C32H35FN6O/c1-4-27-24(10-7-19(2)36-27)25-12-22(32(40)38-17-23-15-35-37(3)28(23)18-38)13-26-29(33)30(21-6-5-11-34-14-21)39(31(25)26)16-20-8-9-20/h6-7,10,12-13,15,20,34H,4-5,8-9,11,14,16-18H2,1-3H3. The maximum Gasteiger partial charge on any atom is 0.254 e. The fourth-order valence-corrected chi connectivity index (χ4v) is 6.40. The lowest BCUT2D eigenvalue weighted by Gasteiger charge is -2.20. The molecule has 1 saturated carbocycles. The maximum atomic E-state index is 16.7. The molecule has 40 heavy (non-hydrogen) atoms. The normalized spacial score (nSPS) is 17.0. The van der Waals surface area contributed by atoms with Crippen LogP contribution in [0.15, 0.2) is 36.5 Å². The summed E-state index contributed by atoms with van der Waals surface area (Å²) in [7, 11) is 1.90. The van der Waals surface area contributed by atoms with Crippen LogP contribution in [0.1, 0.15) is 64.9 Å². The number of carbonyl (C=O) groups is 1. The summed E-state index contributed by atoms with van der Waals surface area (Å²) in [6.45, 7) is 7.43. The average molecular weight is 539 g/mol. The van der Waals surface area contributed by atoms with Crippen LogP contribution in [0.5, 0.6) is 0 Å². The summed E-state index contributed by atoms with van der Waals surface area (Å²) in [5.41, 5.74) is 8.93. The highest BCUT2D eigenvalue weighted by Gasteiger charge is 2.32. The summed E-state index contributed by atoms with van der Waals surface area (Å²) >= 11 is 0. The minimum atomic E-state index is -0.228. The molecular formula is C32H35FN6O. The lowest BCUT2D eigenvalue weighted by atomic mass is 9.96. The number of rotatable bonds is 6. The highest BCUT2D eigenvalue weighted by Crippen LogP contribution is 2.42. The molecule has 1 fully saturated rings. The molecule has 1 aliphatic carbocycles. The van der Waals surface area contributed by atoms with Gasteiger partial charge < -0.3 is 14.8 Å². The van der Waals surface area contributed by atoms with Crippen LogP contribution in [-0.4, -0.2) is 43.2 Å². The first-order valence-corrected chi connectivity index (χ1v) is 14.4. The van der Waals surface area contributed by atoms with Crippen molar-refractivity contribution in [1.82, 2.24) is 29.5 Å². The predicted molar refractivity (Wildman–Crippen MR) is 154 cm³/mol. The fourth-order valence-electron chi connectivity index (χ4n) is 6.40. The Hall–Kier alpha value is -3.78. The fraction of sp³-hybridized carbons (Fsp3) is 0.406. The number of hydrogen-bond acceptors (Lipinski definition) is 4. The predicted octanol–water partition coefficient (Wildman–Crippen LogP) is 5.39. The Labute approximate surface area is 233 Å². The van der Waals surface area contributed by atoms with Gasteiger partial charge >= 0.3 is 0 Å². The summed E-state index contributed by atoms with van der Waals surface area (Å²) in [5, 5.41) is 8.27. The van der Waals surface area contributed by atoms with E-state index in [-0.39, 0.29) is 11.7 Å². The van der Waals surface area contributed by atoms with Crippen LogP contribution >= 0.6 is 0 Å². The molecule has 0 bridgehead atoms. The molecule has 206 valence electrons. The van der Waals surface area contributed by atoms with Gasteiger partial charge in [-0.1, -0.05) is 19.1 Å². The summed E-state index contributed by atoms with van der Waals surface area (Å²) in [4.78, 5) is 20.7. The molecule has 7 rings (SSSR count). The number of halogens is 1. The van der Waals surface area contributed by atoms with Gasteiger partial charge in [0.15, 0.2) is 5.82 Å². The van der Waals surface area contributed by atoms with E-state index in [1.165, 1.54) is 12.8 Å². The van der Waals surface area contributed by atoms with Crippen LogP contribution in [0, 0.1) is 18.7 Å². The zero-order valence-electron chi connectivity index (χ0n) is 23.4. The Morgan fingerprint density at radius 1 is 1.18 bits per heavy atom. The quantitative estimate of drug-likeness (QED) is 0.358. The molecule has 1 N–H and O–H groups in total. The number of aryl methyl sites for hydroxylation is 3. The zero-order valence-corrected chi connectivity index (χ0v) is 23.4. The third-order valence-corrected chi connectivity index (χ3v) is 8.69. The van der Waals surface area contributed by atoms with Crippen molar-refractivity contribution in [3.63, 3.8) is 0 Å². The summed E-state index contributed by atoms with van der Waals surface area (Å²) in [6, 6.07) is 7.87. The van der Waals surface area contributed by atoms with Crippen molar-refractivity contribution in [2.45, 2.75) is 59.2 Å². The van der Waals surface area contributed by atoms with Gasteiger partial charge in [-0.15, -0.1) is 0 Å². The van der Waals surface area contributed by atoms with E-state index in [4.69, 9.17) is 4.98 Å². The van der Waals surface area contributed by atoms with Gasteiger partial charge in [0.2, 0.25) is 0 Å². The highest BCUT2D eigenvalue weighted by atomic mass is 19.1. The minimum absolute atomic E-state index is 0.0908. The number of aromatic nitrogens is 4. The monoisotopic (exact) mass is 538 g/mol. The van der Waals surface area contributed by atoms with E-state index in [2.05, 4.69) is 34.0 Å². The Bertz CT molecular complexity index is 1690. The molecule has 0 radical (unpaired) electrons. The molecular weight excluding hydrogens is 503 g/mol. The van der Waals surface area contributed by atoms with Gasteiger partial charge in [-0.3, -0.25) is 14.5 Å². The van der Waals surface area contributed by atoms with Crippen molar-refractivity contribution in [2.75, 3.05) is 13.1 Å². The minimum Gasteiger partial charge on any atom is -0.337 e. The van der Waals surface area contributed by atoms with Crippen LogP contribution in [0.25, 0.3) is 27.6 Å². The summed E-state index contributed by atoms with van der Waals surface area (Å²) in [6.07, 6.45) is 7.96. The van der Waals surface area contributed by atoms with Crippen molar-refractivity contribution >= 4 is 22.4 Å². The van der Waals surface area contributed by atoms with Gasteiger partial charge in [-0.2, -0.15) is 5.10 Å². The maximum absolute atomic E-state index is 16.7. The molecule has 3 aliphatic rings. The molecule has 5 heterocycles. The number of nitrogens with zero attached hydrogens (tertiary/aromatic N) is 5. The number of amides is 1. The van der Waals surface area contributed by atoms with E-state index < -0.39 is 0 Å². The number of hydrogen-bond donors (Lipinski definition) is 1. The van der Waals surface area contributed by atoms with Crippen LogP contribution in [0.2, 0.25) is 0 Å². The van der Waals surface area contributed by atoms with Crippen LogP contribution in [-0.2, 0) is 33.1 Å². The smallest absolute Gasteiger partial charge is 0.254 e. The molecule has 3 aromatic heterocycles. The Morgan fingerprint density at radius 2 is 2.02 bits per heavy atom. The Balaban J connectivity index is 1.45. The molecule has 1 aromatic carbocycles. The van der Waals surface area contributed by atoms with E-state index in [0.29, 0.717) is 42.2 Å². The lowest BCUT2D eigenvalue weighted by molar-refractivity contribution is 0.0748. The van der Waals surface area contributed by atoms with Crippen molar-refractivity contribution in [1.29, 1.82) is 0 Å². The SMILES string of the molecule is CCc1nc(C)ccc1-c1cc(C(=O)N2Cc3cnn(C)c3C2)cc2c(F)c(C3=CCCNC3)n(CC3CC3)c12. The third-order valence-electron chi connectivity index (χ3n) is 8.69. The molecule has 0 unspecified atom stereocenters. The second-order valence-electron chi connectivity index (χ2n) is 11.5. The average Bonchev–Trinajstić information content (AvgIpc) is 3.48. The Kier molecular flexibility index (Phi) is 6.11. The van der Waals surface area contributed by atoms with E-state index in [0.717, 1.165) is 70.8 Å². The molecule has 2 aliphatic heterocycles. The number of pyridine rings is 1. The number of carbonyl (C=O) groups excluding carboxylic acids is 1. The molecule has 0 saturated heterocycles. The van der Waals surface area contributed by atoms with E-state index >= 15 is 4.39 Å². The van der Waals surface area contributed by atoms with Crippen LogP contribution in [0.3, 0.4) is 0 Å². The second-order valence-corrected chi connectivity index (χ2v) is 11.5.